The average molecular weight is 313 g/mol. The predicted molar refractivity (Wildman–Crippen MR) is 90.8 cm³/mol. The van der Waals surface area contributed by atoms with Crippen LogP contribution in [0.3, 0.4) is 0 Å². The van der Waals surface area contributed by atoms with Crippen LogP contribution in [-0.4, -0.2) is 9.55 Å². The molecule has 0 bridgehead atoms. The monoisotopic (exact) mass is 312 g/mol. The topological polar surface area (TPSA) is 34.9 Å². The molecule has 4 heteroatoms. The molecular weight excluding hydrogens is 296 g/mol. The normalized spacial score (nSPS) is 11.1. The van der Waals surface area contributed by atoms with Crippen LogP contribution in [0.1, 0.15) is 22.3 Å². The van der Waals surface area contributed by atoms with Crippen LogP contribution in [0.15, 0.2) is 41.5 Å². The third-order valence-corrected chi connectivity index (χ3v) is 4.19. The number of hydrogen-bond acceptors (Lipinski definition) is 2. The van der Waals surface area contributed by atoms with Crippen LogP contribution in [0.4, 0.5) is 0 Å². The fourth-order valence-electron chi connectivity index (χ4n) is 2.87. The summed E-state index contributed by atoms with van der Waals surface area (Å²) in [5, 5.41) is 1.18. The minimum Gasteiger partial charge on any atom is -0.294 e. The van der Waals surface area contributed by atoms with Gasteiger partial charge in [-0.15, -0.1) is 0 Å². The highest BCUT2D eigenvalue weighted by molar-refractivity contribution is 6.31. The quantitative estimate of drug-likeness (QED) is 0.716. The molecule has 0 aliphatic rings. The summed E-state index contributed by atoms with van der Waals surface area (Å²) in [5.41, 5.74) is 5.38. The van der Waals surface area contributed by atoms with Crippen LogP contribution < -0.4 is 5.56 Å². The Balaban J connectivity index is 2.11. The summed E-state index contributed by atoms with van der Waals surface area (Å²) < 4.78 is 1.65. The van der Waals surface area contributed by atoms with Gasteiger partial charge in [-0.1, -0.05) is 29.3 Å². The summed E-state index contributed by atoms with van der Waals surface area (Å²) in [6.07, 6.45) is 1.60. The van der Waals surface area contributed by atoms with E-state index < -0.39 is 0 Å². The van der Waals surface area contributed by atoms with Crippen molar-refractivity contribution in [2.45, 2.75) is 27.3 Å². The number of halogens is 1. The lowest BCUT2D eigenvalue weighted by Gasteiger charge is -2.13. The Morgan fingerprint density at radius 3 is 2.45 bits per heavy atom. The first kappa shape index (κ1) is 14.8. The van der Waals surface area contributed by atoms with Crippen LogP contribution in [0.25, 0.3) is 10.9 Å². The highest BCUT2D eigenvalue weighted by atomic mass is 35.5. The molecule has 0 N–H and O–H groups in total. The third-order valence-electron chi connectivity index (χ3n) is 3.96. The first-order valence-electron chi connectivity index (χ1n) is 7.17. The van der Waals surface area contributed by atoms with Gasteiger partial charge < -0.3 is 0 Å². The van der Waals surface area contributed by atoms with E-state index in [9.17, 15) is 4.79 Å². The predicted octanol–water partition coefficient (Wildman–Crippen LogP) is 4.02. The molecule has 0 aliphatic carbocycles. The molecule has 0 aliphatic heterocycles. The summed E-state index contributed by atoms with van der Waals surface area (Å²) in [6.45, 7) is 6.77. The Hall–Kier alpha value is -2.13. The fourth-order valence-corrected chi connectivity index (χ4v) is 3.04. The van der Waals surface area contributed by atoms with Gasteiger partial charge in [-0.25, -0.2) is 4.98 Å². The first-order valence-corrected chi connectivity index (χ1v) is 7.55. The van der Waals surface area contributed by atoms with Gasteiger partial charge in [0, 0.05) is 5.02 Å². The molecule has 3 rings (SSSR count). The molecule has 3 nitrogen and oxygen atoms in total. The molecule has 2 aromatic carbocycles. The van der Waals surface area contributed by atoms with Gasteiger partial charge in [0.2, 0.25) is 0 Å². The smallest absolute Gasteiger partial charge is 0.261 e. The molecule has 112 valence electrons. The largest absolute Gasteiger partial charge is 0.294 e. The molecule has 0 spiro atoms. The lowest BCUT2D eigenvalue weighted by molar-refractivity contribution is 0.740. The Morgan fingerprint density at radius 2 is 1.77 bits per heavy atom. The molecular formula is C18H17ClN2O. The van der Waals surface area contributed by atoms with Gasteiger partial charge in [0.05, 0.1) is 23.8 Å². The molecule has 0 atom stereocenters. The maximum absolute atomic E-state index is 12.6. The molecule has 0 saturated carbocycles. The van der Waals surface area contributed by atoms with Crippen LogP contribution in [0.2, 0.25) is 5.02 Å². The lowest BCUT2D eigenvalue weighted by atomic mass is 10.00. The van der Waals surface area contributed by atoms with Crippen LogP contribution in [0.5, 0.6) is 0 Å². The zero-order valence-corrected chi connectivity index (χ0v) is 13.6. The maximum Gasteiger partial charge on any atom is 0.261 e. The molecule has 0 radical (unpaired) electrons. The van der Waals surface area contributed by atoms with E-state index in [1.165, 1.54) is 22.3 Å². The molecule has 0 amide bonds. The summed E-state index contributed by atoms with van der Waals surface area (Å²) >= 11 is 5.95. The summed E-state index contributed by atoms with van der Waals surface area (Å²) in [6, 6.07) is 9.45. The lowest BCUT2D eigenvalue weighted by Crippen LogP contribution is -2.22. The highest BCUT2D eigenvalue weighted by Gasteiger charge is 2.09. The molecule has 1 heterocycles. The standard InChI is InChI=1S/C18H17ClN2O/c1-11-6-12(2)16(13(3)7-11)9-21-10-20-17-8-14(19)4-5-15(17)18(21)22/h4-8,10H,9H2,1-3H3. The van der Waals surface area contributed by atoms with Crippen molar-refractivity contribution in [3.63, 3.8) is 0 Å². The molecule has 22 heavy (non-hydrogen) atoms. The van der Waals surface area contributed by atoms with Crippen molar-refractivity contribution >= 4 is 22.5 Å². The van der Waals surface area contributed by atoms with Gasteiger partial charge in [-0.3, -0.25) is 9.36 Å². The van der Waals surface area contributed by atoms with E-state index in [0.717, 1.165) is 0 Å². The van der Waals surface area contributed by atoms with Gasteiger partial charge in [0.25, 0.3) is 5.56 Å². The molecule has 1 aromatic heterocycles. The second-order valence-corrected chi connectivity index (χ2v) is 6.15. The van der Waals surface area contributed by atoms with E-state index in [0.29, 0.717) is 22.5 Å². The minimum absolute atomic E-state index is 0.0407. The zero-order chi connectivity index (χ0) is 15.9. The Morgan fingerprint density at radius 1 is 1.09 bits per heavy atom. The first-order chi connectivity index (χ1) is 10.5. The Kier molecular flexibility index (Phi) is 3.75. The van der Waals surface area contributed by atoms with Crippen LogP contribution in [-0.2, 0) is 6.54 Å². The molecule has 0 saturated heterocycles. The summed E-state index contributed by atoms with van der Waals surface area (Å²) in [7, 11) is 0. The highest BCUT2D eigenvalue weighted by Crippen LogP contribution is 2.18. The zero-order valence-electron chi connectivity index (χ0n) is 12.9. The van der Waals surface area contributed by atoms with Crippen molar-refractivity contribution in [3.05, 3.63) is 74.3 Å². The van der Waals surface area contributed by atoms with E-state index in [1.54, 1.807) is 29.1 Å². The third kappa shape index (κ3) is 2.64. The van der Waals surface area contributed by atoms with Crippen molar-refractivity contribution in [1.29, 1.82) is 0 Å². The number of aryl methyl sites for hydroxylation is 3. The second-order valence-electron chi connectivity index (χ2n) is 5.72. The van der Waals surface area contributed by atoms with E-state index in [-0.39, 0.29) is 5.56 Å². The molecule has 0 fully saturated rings. The number of fused-ring (bicyclic) bond motifs is 1. The number of hydrogen-bond donors (Lipinski definition) is 0. The average Bonchev–Trinajstić information content (AvgIpc) is 2.44. The van der Waals surface area contributed by atoms with Gasteiger partial charge >= 0.3 is 0 Å². The van der Waals surface area contributed by atoms with Crippen molar-refractivity contribution in [3.8, 4) is 0 Å². The van der Waals surface area contributed by atoms with Gasteiger partial charge in [0.15, 0.2) is 0 Å². The van der Waals surface area contributed by atoms with E-state index in [4.69, 9.17) is 11.6 Å². The van der Waals surface area contributed by atoms with Crippen LogP contribution >= 0.6 is 11.6 Å². The second kappa shape index (κ2) is 5.58. The number of aromatic nitrogens is 2. The molecule has 3 aromatic rings. The fraction of sp³-hybridized carbons (Fsp3) is 0.222. The van der Waals surface area contributed by atoms with Crippen molar-refractivity contribution < 1.29 is 0 Å². The van der Waals surface area contributed by atoms with Crippen molar-refractivity contribution in [2.24, 2.45) is 0 Å². The van der Waals surface area contributed by atoms with Gasteiger partial charge in [0.1, 0.15) is 0 Å². The van der Waals surface area contributed by atoms with Crippen LogP contribution in [0, 0.1) is 20.8 Å². The minimum atomic E-state index is -0.0407. The molecule has 0 unspecified atom stereocenters. The van der Waals surface area contributed by atoms with E-state index >= 15 is 0 Å². The van der Waals surface area contributed by atoms with Crippen molar-refractivity contribution in [1.82, 2.24) is 9.55 Å². The Labute approximate surface area is 134 Å². The number of benzene rings is 2. The Bertz CT molecular complexity index is 905. The maximum atomic E-state index is 12.6. The van der Waals surface area contributed by atoms with Gasteiger partial charge in [-0.05, 0) is 55.7 Å². The summed E-state index contributed by atoms with van der Waals surface area (Å²) in [4.78, 5) is 17.0. The number of rotatable bonds is 2. The van der Waals surface area contributed by atoms with E-state index in [1.807, 2.05) is 0 Å². The number of nitrogens with zero attached hydrogens (tertiary/aromatic N) is 2. The van der Waals surface area contributed by atoms with Gasteiger partial charge in [-0.2, -0.15) is 0 Å². The SMILES string of the molecule is Cc1cc(C)c(Cn2cnc3cc(Cl)ccc3c2=O)c(C)c1. The van der Waals surface area contributed by atoms with E-state index in [2.05, 4.69) is 37.9 Å². The summed E-state index contributed by atoms with van der Waals surface area (Å²) in [5.74, 6) is 0. The van der Waals surface area contributed by atoms with Crippen molar-refractivity contribution in [2.75, 3.05) is 0 Å².